The molecule has 0 fully saturated rings. The molecule has 2 heterocycles. The molecule has 4 heteroatoms. The Labute approximate surface area is 294 Å². The van der Waals surface area contributed by atoms with Gasteiger partial charge in [0.2, 0.25) is 0 Å². The molecule has 6 aromatic rings. The molecular formula is C46H42N2O2. The number of fused-ring (bicyclic) bond motifs is 6. The van der Waals surface area contributed by atoms with E-state index in [4.69, 9.17) is 4.98 Å². The summed E-state index contributed by atoms with van der Waals surface area (Å²) >= 11 is 0. The second-order valence-corrected chi connectivity index (χ2v) is 16.5. The number of ketones is 2. The third-order valence-electron chi connectivity index (χ3n) is 10.6. The molecule has 1 aromatic heterocycles. The smallest absolute Gasteiger partial charge is 0.197 e. The van der Waals surface area contributed by atoms with E-state index in [9.17, 15) is 9.59 Å². The van der Waals surface area contributed by atoms with Crippen LogP contribution in [0, 0.1) is 0 Å². The number of allylic oxidation sites excluding steroid dienone is 1. The van der Waals surface area contributed by atoms with E-state index >= 15 is 0 Å². The van der Waals surface area contributed by atoms with Crippen molar-refractivity contribution in [2.75, 3.05) is 4.90 Å². The van der Waals surface area contributed by atoms with Crippen LogP contribution in [0.1, 0.15) is 104 Å². The summed E-state index contributed by atoms with van der Waals surface area (Å²) in [6.45, 7) is 18.2. The van der Waals surface area contributed by atoms with Crippen LogP contribution in [0.5, 0.6) is 0 Å². The van der Waals surface area contributed by atoms with Crippen LogP contribution < -0.4 is 4.90 Å². The zero-order chi connectivity index (χ0) is 35.3. The third-order valence-corrected chi connectivity index (χ3v) is 10.6. The first-order chi connectivity index (χ1) is 23.6. The Hall–Kier alpha value is -5.35. The highest BCUT2D eigenvalue weighted by molar-refractivity contribution is 6.42. The van der Waals surface area contributed by atoms with Gasteiger partial charge in [-0.2, -0.15) is 0 Å². The maximum absolute atomic E-state index is 13.6. The Morgan fingerprint density at radius 3 is 1.86 bits per heavy atom. The van der Waals surface area contributed by atoms with Crippen molar-refractivity contribution in [3.8, 4) is 0 Å². The molecule has 0 spiro atoms. The molecule has 0 amide bonds. The molecular weight excluding hydrogens is 613 g/mol. The summed E-state index contributed by atoms with van der Waals surface area (Å²) in [4.78, 5) is 34.5. The molecule has 0 saturated heterocycles. The summed E-state index contributed by atoms with van der Waals surface area (Å²) in [5, 5.41) is 4.08. The van der Waals surface area contributed by atoms with Crippen molar-refractivity contribution in [2.24, 2.45) is 0 Å². The quantitative estimate of drug-likeness (QED) is 0.138. The normalized spacial score (nSPS) is 15.4. The van der Waals surface area contributed by atoms with Crippen LogP contribution in [-0.2, 0) is 16.2 Å². The number of aromatic nitrogens is 1. The van der Waals surface area contributed by atoms with Crippen LogP contribution in [0.2, 0.25) is 0 Å². The first kappa shape index (κ1) is 31.9. The molecule has 0 radical (unpaired) electrons. The van der Waals surface area contributed by atoms with E-state index in [1.165, 1.54) is 16.7 Å². The maximum atomic E-state index is 13.6. The lowest BCUT2D eigenvalue weighted by Crippen LogP contribution is -2.32. The molecule has 4 nitrogen and oxygen atoms in total. The van der Waals surface area contributed by atoms with Gasteiger partial charge in [0.25, 0.3) is 0 Å². The average Bonchev–Trinajstić information content (AvgIpc) is 3.30. The highest BCUT2D eigenvalue weighted by Crippen LogP contribution is 2.54. The van der Waals surface area contributed by atoms with Crippen LogP contribution in [0.3, 0.4) is 0 Å². The minimum atomic E-state index is -0.391. The highest BCUT2D eigenvalue weighted by atomic mass is 16.2. The second-order valence-electron chi connectivity index (χ2n) is 16.5. The number of Topliss-reactive ketones (excluding diaryl/α,β-unsaturated/α-hetero) is 2. The van der Waals surface area contributed by atoms with Gasteiger partial charge >= 0.3 is 0 Å². The number of carbonyl (C=O) groups is 2. The number of carbonyl (C=O) groups excluding carboxylic acids is 2. The summed E-state index contributed by atoms with van der Waals surface area (Å²) < 4.78 is 0. The van der Waals surface area contributed by atoms with E-state index in [-0.39, 0.29) is 28.0 Å². The van der Waals surface area contributed by atoms with Crippen molar-refractivity contribution in [1.29, 1.82) is 0 Å². The molecule has 1 aliphatic heterocycles. The predicted molar refractivity (Wildman–Crippen MR) is 207 cm³/mol. The molecule has 50 heavy (non-hydrogen) atoms. The second kappa shape index (κ2) is 10.8. The molecule has 0 bridgehead atoms. The van der Waals surface area contributed by atoms with Gasteiger partial charge in [0, 0.05) is 28.4 Å². The fourth-order valence-electron chi connectivity index (χ4n) is 7.77. The molecule has 248 valence electrons. The highest BCUT2D eigenvalue weighted by Gasteiger charge is 2.40. The molecule has 2 aliphatic rings. The Morgan fingerprint density at radius 2 is 1.26 bits per heavy atom. The molecule has 0 atom stereocenters. The fraction of sp³-hybridized carbons (Fsp3) is 0.239. The van der Waals surface area contributed by atoms with Gasteiger partial charge in [-0.25, -0.2) is 0 Å². The van der Waals surface area contributed by atoms with Gasteiger partial charge < -0.3 is 4.90 Å². The number of nitrogens with zero attached hydrogens (tertiary/aromatic N) is 2. The van der Waals surface area contributed by atoms with Gasteiger partial charge in [-0.1, -0.05) is 90.1 Å². The van der Waals surface area contributed by atoms with Crippen LogP contribution in [0.15, 0.2) is 109 Å². The van der Waals surface area contributed by atoms with Crippen molar-refractivity contribution in [2.45, 2.75) is 71.6 Å². The Bertz CT molecular complexity index is 2380. The molecule has 0 unspecified atom stereocenters. The fourth-order valence-corrected chi connectivity index (χ4v) is 7.77. The summed E-state index contributed by atoms with van der Waals surface area (Å²) in [5.41, 5.74) is 9.69. The van der Waals surface area contributed by atoms with Crippen LogP contribution >= 0.6 is 0 Å². The SMILES string of the molecule is CC(C)(C)c1cc(N2c3cccnc3C(C)(C)c3c2ccc2cc(C=C4C(=O)c5cc6ccccc6cc5C4=O)ccc32)cc(C(C)(C)C)c1. The minimum absolute atomic E-state index is 0.0309. The standard InChI is InChI=1S/C46H42N2O2/c1-44(2,3)31-24-32(45(4,5)6)26-33(25-31)48-38-18-16-30-20-27(15-17-34(30)40(38)46(7,8)43-39(48)14-11-19-47-43)21-37-41(49)35-22-28-12-9-10-13-29(28)23-36(35)42(37)50/h9-26H,1-8H3. The predicted octanol–water partition coefficient (Wildman–Crippen LogP) is 11.6. The lowest BCUT2D eigenvalue weighted by atomic mass is 9.73. The Balaban J connectivity index is 1.29. The van der Waals surface area contributed by atoms with Gasteiger partial charge in [-0.3, -0.25) is 14.6 Å². The number of rotatable bonds is 2. The number of hydrogen-bond acceptors (Lipinski definition) is 4. The molecule has 0 saturated carbocycles. The first-order valence-corrected chi connectivity index (χ1v) is 17.5. The first-order valence-electron chi connectivity index (χ1n) is 17.5. The van der Waals surface area contributed by atoms with E-state index in [0.29, 0.717) is 11.1 Å². The van der Waals surface area contributed by atoms with Gasteiger partial charge in [-0.15, -0.1) is 0 Å². The van der Waals surface area contributed by atoms with Crippen molar-refractivity contribution >= 4 is 56.2 Å². The lowest BCUT2D eigenvalue weighted by Gasteiger charge is -2.42. The number of benzene rings is 5. The molecule has 5 aromatic carbocycles. The van der Waals surface area contributed by atoms with Gasteiger partial charge in [-0.05, 0) is 123 Å². The topological polar surface area (TPSA) is 50.3 Å². The molecule has 8 rings (SSSR count). The molecule has 1 aliphatic carbocycles. The average molecular weight is 655 g/mol. The number of anilines is 3. The van der Waals surface area contributed by atoms with Crippen LogP contribution in [-0.4, -0.2) is 16.6 Å². The zero-order valence-electron chi connectivity index (χ0n) is 30.1. The Kier molecular flexibility index (Phi) is 6.90. The van der Waals surface area contributed by atoms with E-state index < -0.39 is 5.41 Å². The maximum Gasteiger partial charge on any atom is 0.197 e. The largest absolute Gasteiger partial charge is 0.308 e. The van der Waals surface area contributed by atoms with Gasteiger partial charge in [0.15, 0.2) is 11.6 Å². The van der Waals surface area contributed by atoms with E-state index in [0.717, 1.165) is 49.9 Å². The van der Waals surface area contributed by atoms with E-state index in [1.807, 2.05) is 54.7 Å². The van der Waals surface area contributed by atoms with Crippen LogP contribution in [0.4, 0.5) is 17.1 Å². The van der Waals surface area contributed by atoms with Crippen molar-refractivity contribution < 1.29 is 9.59 Å². The van der Waals surface area contributed by atoms with Crippen molar-refractivity contribution in [3.05, 3.63) is 148 Å². The summed E-state index contributed by atoms with van der Waals surface area (Å²) in [7, 11) is 0. The number of hydrogen-bond donors (Lipinski definition) is 0. The number of pyridine rings is 1. The monoisotopic (exact) mass is 654 g/mol. The lowest BCUT2D eigenvalue weighted by molar-refractivity contribution is 0.0990. The Morgan fingerprint density at radius 1 is 0.640 bits per heavy atom. The van der Waals surface area contributed by atoms with E-state index in [1.54, 1.807) is 6.08 Å². The van der Waals surface area contributed by atoms with Gasteiger partial charge in [0.05, 0.1) is 22.6 Å². The van der Waals surface area contributed by atoms with Gasteiger partial charge in [0.1, 0.15) is 0 Å². The summed E-state index contributed by atoms with van der Waals surface area (Å²) in [6.07, 6.45) is 3.65. The minimum Gasteiger partial charge on any atom is -0.308 e. The van der Waals surface area contributed by atoms with Crippen molar-refractivity contribution in [1.82, 2.24) is 4.98 Å². The zero-order valence-corrected chi connectivity index (χ0v) is 30.1. The van der Waals surface area contributed by atoms with Crippen molar-refractivity contribution in [3.63, 3.8) is 0 Å². The summed E-state index contributed by atoms with van der Waals surface area (Å²) in [6, 6.07) is 33.4. The molecule has 0 N–H and O–H groups in total. The summed E-state index contributed by atoms with van der Waals surface area (Å²) in [5.74, 6) is -0.430. The van der Waals surface area contributed by atoms with Crippen LogP contribution in [0.25, 0.3) is 27.6 Å². The third kappa shape index (κ3) is 4.92. The van der Waals surface area contributed by atoms with E-state index in [2.05, 4.69) is 109 Å².